The van der Waals surface area contributed by atoms with Crippen molar-refractivity contribution in [2.75, 3.05) is 5.75 Å². The smallest absolute Gasteiger partial charge is 0.326 e. The lowest BCUT2D eigenvalue weighted by molar-refractivity contribution is -0.139. The molecule has 0 aromatic heterocycles. The maximum atomic E-state index is 11.4. The Morgan fingerprint density at radius 1 is 1.47 bits per heavy atom. The van der Waals surface area contributed by atoms with Crippen molar-refractivity contribution in [1.29, 1.82) is 0 Å². The quantitative estimate of drug-likeness (QED) is 0.852. The van der Waals surface area contributed by atoms with Crippen LogP contribution in [0.5, 0.6) is 0 Å². The van der Waals surface area contributed by atoms with E-state index in [1.54, 1.807) is 12.1 Å². The molecule has 2 N–H and O–H groups in total. The van der Waals surface area contributed by atoms with Crippen molar-refractivity contribution in [2.24, 2.45) is 0 Å². The van der Waals surface area contributed by atoms with Crippen LogP contribution in [-0.4, -0.2) is 25.2 Å². The average Bonchev–Trinajstić information content (AvgIpc) is 2.27. The van der Waals surface area contributed by atoms with E-state index in [0.29, 0.717) is 0 Å². The molecule has 7 heteroatoms. The number of hydrogen-bond donors (Lipinski definition) is 2. The fourth-order valence-electron chi connectivity index (χ4n) is 1.22. The normalized spacial score (nSPS) is 13.3. The molecule has 1 aromatic carbocycles. The number of halogens is 1. The molecule has 0 spiro atoms. The lowest BCUT2D eigenvalue weighted by Crippen LogP contribution is -2.34. The Labute approximate surface area is 104 Å². The number of rotatable bonds is 5. The van der Waals surface area contributed by atoms with Crippen molar-refractivity contribution in [3.8, 4) is 0 Å². The zero-order chi connectivity index (χ0) is 13.1. The maximum Gasteiger partial charge on any atom is 0.326 e. The van der Waals surface area contributed by atoms with Crippen molar-refractivity contribution >= 4 is 27.6 Å². The van der Waals surface area contributed by atoms with Crippen LogP contribution in [0.4, 0.5) is 0 Å². The van der Waals surface area contributed by atoms with Crippen LogP contribution in [0.15, 0.2) is 24.3 Å². The second-order valence-electron chi connectivity index (χ2n) is 3.31. The molecule has 0 radical (unpaired) electrons. The molecular weight excluding hydrogens is 266 g/mol. The first-order chi connectivity index (χ1) is 7.87. The molecule has 0 saturated heterocycles. The number of carbonyl (C=O) groups is 1. The molecule has 5 nitrogen and oxygen atoms in total. The highest BCUT2D eigenvalue weighted by Gasteiger charge is 2.26. The molecule has 0 amide bonds. The predicted molar refractivity (Wildman–Crippen MR) is 64.4 cm³/mol. The third-order valence-corrected chi connectivity index (χ3v) is 3.84. The van der Waals surface area contributed by atoms with Gasteiger partial charge in [0.1, 0.15) is 6.04 Å². The first kappa shape index (κ1) is 14.0. The van der Waals surface area contributed by atoms with Crippen LogP contribution < -0.4 is 4.72 Å². The standard InChI is InChI=1S/C10H12ClNO4S/c1-2-17(15,16)12-9(10(13)14)7-5-3-4-6-8(7)11/h3-6,9,12H,2H2,1H3,(H,13,14)/t9-/m1/s1. The minimum absolute atomic E-state index is 0.193. The molecule has 1 rings (SSSR count). The molecule has 0 aliphatic heterocycles. The van der Waals surface area contributed by atoms with E-state index in [9.17, 15) is 13.2 Å². The van der Waals surface area contributed by atoms with E-state index in [1.165, 1.54) is 19.1 Å². The van der Waals surface area contributed by atoms with Crippen molar-refractivity contribution in [2.45, 2.75) is 13.0 Å². The van der Waals surface area contributed by atoms with E-state index in [0.717, 1.165) is 0 Å². The molecule has 0 fully saturated rings. The van der Waals surface area contributed by atoms with Gasteiger partial charge in [-0.15, -0.1) is 0 Å². The Bertz CT molecular complexity index is 515. The third kappa shape index (κ3) is 3.69. The van der Waals surface area contributed by atoms with Gasteiger partial charge in [0.2, 0.25) is 10.0 Å². The van der Waals surface area contributed by atoms with Crippen LogP contribution >= 0.6 is 11.6 Å². The van der Waals surface area contributed by atoms with Crippen molar-refractivity contribution in [1.82, 2.24) is 4.72 Å². The molecule has 94 valence electrons. The Kier molecular flexibility index (Phi) is 4.50. The van der Waals surface area contributed by atoms with Gasteiger partial charge >= 0.3 is 5.97 Å². The highest BCUT2D eigenvalue weighted by molar-refractivity contribution is 7.89. The fourth-order valence-corrected chi connectivity index (χ4v) is 2.22. The highest BCUT2D eigenvalue weighted by atomic mass is 35.5. The van der Waals surface area contributed by atoms with Gasteiger partial charge < -0.3 is 5.11 Å². The number of carboxylic acid groups (broad SMARTS) is 1. The monoisotopic (exact) mass is 277 g/mol. The van der Waals surface area contributed by atoms with E-state index in [4.69, 9.17) is 16.7 Å². The zero-order valence-electron chi connectivity index (χ0n) is 9.05. The van der Waals surface area contributed by atoms with Gasteiger partial charge in [-0.1, -0.05) is 29.8 Å². The van der Waals surface area contributed by atoms with Gasteiger partial charge in [-0.3, -0.25) is 4.79 Å². The van der Waals surface area contributed by atoms with Gasteiger partial charge in [-0.25, -0.2) is 8.42 Å². The highest BCUT2D eigenvalue weighted by Crippen LogP contribution is 2.23. The SMILES string of the molecule is CCS(=O)(=O)N[C@@H](C(=O)O)c1ccccc1Cl. The van der Waals surface area contributed by atoms with Gasteiger partial charge in [0, 0.05) is 5.02 Å². The summed E-state index contributed by atoms with van der Waals surface area (Å²) in [4.78, 5) is 11.1. The van der Waals surface area contributed by atoms with Crippen LogP contribution in [0.3, 0.4) is 0 Å². The number of nitrogens with one attached hydrogen (secondary N) is 1. The molecular formula is C10H12ClNO4S. The Morgan fingerprint density at radius 2 is 2.06 bits per heavy atom. The molecule has 17 heavy (non-hydrogen) atoms. The Balaban J connectivity index is 3.12. The van der Waals surface area contributed by atoms with Gasteiger partial charge in [0.15, 0.2) is 0 Å². The summed E-state index contributed by atoms with van der Waals surface area (Å²) in [6.45, 7) is 1.42. The van der Waals surface area contributed by atoms with Crippen LogP contribution in [0.2, 0.25) is 5.02 Å². The molecule has 0 aliphatic carbocycles. The number of hydrogen-bond acceptors (Lipinski definition) is 3. The molecule has 1 aromatic rings. The topological polar surface area (TPSA) is 83.5 Å². The molecule has 0 bridgehead atoms. The van der Waals surface area contributed by atoms with Crippen LogP contribution in [-0.2, 0) is 14.8 Å². The molecule has 0 saturated carbocycles. The Morgan fingerprint density at radius 3 is 2.53 bits per heavy atom. The number of benzene rings is 1. The van der Waals surface area contributed by atoms with E-state index < -0.39 is 22.0 Å². The number of aliphatic carboxylic acids is 1. The van der Waals surface area contributed by atoms with Gasteiger partial charge in [-0.05, 0) is 18.6 Å². The van der Waals surface area contributed by atoms with E-state index in [1.807, 2.05) is 0 Å². The van der Waals surface area contributed by atoms with Crippen LogP contribution in [0.1, 0.15) is 18.5 Å². The van der Waals surface area contributed by atoms with Crippen molar-refractivity contribution < 1.29 is 18.3 Å². The summed E-state index contributed by atoms with van der Waals surface area (Å²) in [6.07, 6.45) is 0. The third-order valence-electron chi connectivity index (χ3n) is 2.14. The van der Waals surface area contributed by atoms with Crippen LogP contribution in [0.25, 0.3) is 0 Å². The predicted octanol–water partition coefficient (Wildman–Crippen LogP) is 1.40. The largest absolute Gasteiger partial charge is 0.480 e. The van der Waals surface area contributed by atoms with Crippen molar-refractivity contribution in [3.05, 3.63) is 34.9 Å². The van der Waals surface area contributed by atoms with E-state index >= 15 is 0 Å². The first-order valence-corrected chi connectivity index (χ1v) is 6.87. The van der Waals surface area contributed by atoms with Gasteiger partial charge in [0.25, 0.3) is 0 Å². The van der Waals surface area contributed by atoms with E-state index in [-0.39, 0.29) is 16.3 Å². The summed E-state index contributed by atoms with van der Waals surface area (Å²) in [5, 5.41) is 9.23. The number of carboxylic acids is 1. The Hall–Kier alpha value is -1.11. The number of sulfonamides is 1. The summed E-state index contributed by atoms with van der Waals surface area (Å²) < 4.78 is 24.9. The zero-order valence-corrected chi connectivity index (χ0v) is 10.6. The fraction of sp³-hybridized carbons (Fsp3) is 0.300. The minimum atomic E-state index is -3.62. The van der Waals surface area contributed by atoms with Crippen LogP contribution in [0, 0.1) is 0 Å². The van der Waals surface area contributed by atoms with Gasteiger partial charge in [0.05, 0.1) is 5.75 Å². The molecule has 0 heterocycles. The summed E-state index contributed by atoms with van der Waals surface area (Å²) >= 11 is 5.84. The van der Waals surface area contributed by atoms with Gasteiger partial charge in [-0.2, -0.15) is 4.72 Å². The average molecular weight is 278 g/mol. The lowest BCUT2D eigenvalue weighted by Gasteiger charge is -2.15. The van der Waals surface area contributed by atoms with Crippen molar-refractivity contribution in [3.63, 3.8) is 0 Å². The molecule has 0 aliphatic rings. The molecule has 1 atom stereocenters. The molecule has 0 unspecified atom stereocenters. The summed E-state index contributed by atoms with van der Waals surface area (Å²) in [5.74, 6) is -1.49. The van der Waals surface area contributed by atoms with E-state index in [2.05, 4.69) is 4.72 Å². The minimum Gasteiger partial charge on any atom is -0.480 e. The summed E-state index contributed by atoms with van der Waals surface area (Å²) in [6, 6.07) is 4.84. The first-order valence-electron chi connectivity index (χ1n) is 4.84. The maximum absolute atomic E-state index is 11.4. The second-order valence-corrected chi connectivity index (χ2v) is 5.76. The summed E-state index contributed by atoms with van der Waals surface area (Å²) in [7, 11) is -3.62. The lowest BCUT2D eigenvalue weighted by atomic mass is 10.1. The second kappa shape index (κ2) is 5.48. The summed E-state index contributed by atoms with van der Waals surface area (Å²) in [5.41, 5.74) is 0.221.